The first-order chi connectivity index (χ1) is 11.1. The molecule has 6 heteroatoms. The zero-order valence-corrected chi connectivity index (χ0v) is 13.2. The number of ketones is 1. The third-order valence-corrected chi connectivity index (χ3v) is 3.04. The summed E-state index contributed by atoms with van der Waals surface area (Å²) in [5.74, 6) is 0.347. The Labute approximate surface area is 134 Å². The summed E-state index contributed by atoms with van der Waals surface area (Å²) in [7, 11) is 1.76. The molecule has 1 heterocycles. The number of aromatic nitrogens is 2. The van der Waals surface area contributed by atoms with E-state index in [-0.39, 0.29) is 18.3 Å². The molecule has 0 aliphatic heterocycles. The zero-order valence-electron chi connectivity index (χ0n) is 13.2. The molecular weight excluding hydrogens is 294 g/mol. The highest BCUT2D eigenvalue weighted by molar-refractivity contribution is 6.06. The van der Waals surface area contributed by atoms with Gasteiger partial charge in [0.25, 0.3) is 5.91 Å². The number of benzene rings is 1. The number of hydrogen-bond donors (Lipinski definition) is 1. The number of amides is 1. The molecule has 120 valence electrons. The standard InChI is InChI=1S/C17H19N3O3/c1-3-18-17(22)12-23-15-7-4-13(5-8-15)6-9-16(21)14-10-19-20(2)11-14/h4-11H,3,12H2,1-2H3,(H,18,22)/b9-6+. The summed E-state index contributed by atoms with van der Waals surface area (Å²) < 4.78 is 6.94. The largest absolute Gasteiger partial charge is 0.484 e. The Morgan fingerprint density at radius 1 is 1.30 bits per heavy atom. The Kier molecular flexibility index (Phi) is 5.68. The zero-order chi connectivity index (χ0) is 16.7. The van der Waals surface area contributed by atoms with Gasteiger partial charge in [-0.2, -0.15) is 5.10 Å². The van der Waals surface area contributed by atoms with Crippen molar-refractivity contribution in [3.63, 3.8) is 0 Å². The molecule has 1 amide bonds. The predicted octanol–water partition coefficient (Wildman–Crippen LogP) is 1.83. The lowest BCUT2D eigenvalue weighted by atomic mass is 10.1. The minimum Gasteiger partial charge on any atom is -0.484 e. The molecule has 23 heavy (non-hydrogen) atoms. The van der Waals surface area contributed by atoms with Crippen molar-refractivity contribution in [2.75, 3.05) is 13.2 Å². The van der Waals surface area contributed by atoms with Crippen molar-refractivity contribution in [2.45, 2.75) is 6.92 Å². The summed E-state index contributed by atoms with van der Waals surface area (Å²) in [6.07, 6.45) is 6.43. The average molecular weight is 313 g/mol. The van der Waals surface area contributed by atoms with E-state index in [4.69, 9.17) is 4.74 Å². The lowest BCUT2D eigenvalue weighted by Crippen LogP contribution is -2.28. The molecule has 2 aromatic rings. The van der Waals surface area contributed by atoms with Gasteiger partial charge in [-0.1, -0.05) is 18.2 Å². The molecule has 1 aromatic heterocycles. The fourth-order valence-electron chi connectivity index (χ4n) is 1.89. The third-order valence-electron chi connectivity index (χ3n) is 3.04. The minimum atomic E-state index is -0.154. The van der Waals surface area contributed by atoms with Gasteiger partial charge in [0.15, 0.2) is 12.4 Å². The Morgan fingerprint density at radius 2 is 2.04 bits per heavy atom. The van der Waals surface area contributed by atoms with Gasteiger partial charge in [-0.15, -0.1) is 0 Å². The van der Waals surface area contributed by atoms with E-state index in [9.17, 15) is 9.59 Å². The van der Waals surface area contributed by atoms with Crippen molar-refractivity contribution < 1.29 is 14.3 Å². The normalized spacial score (nSPS) is 10.7. The second kappa shape index (κ2) is 7.93. The molecule has 2 rings (SSSR count). The number of nitrogens with zero attached hydrogens (tertiary/aromatic N) is 2. The van der Waals surface area contributed by atoms with Crippen molar-refractivity contribution in [2.24, 2.45) is 7.05 Å². The van der Waals surface area contributed by atoms with Crippen LogP contribution in [0.2, 0.25) is 0 Å². The Bertz CT molecular complexity index is 702. The van der Waals surface area contributed by atoms with Crippen LogP contribution in [0.25, 0.3) is 6.08 Å². The second-order valence-corrected chi connectivity index (χ2v) is 4.91. The van der Waals surface area contributed by atoms with E-state index >= 15 is 0 Å². The maximum Gasteiger partial charge on any atom is 0.257 e. The predicted molar refractivity (Wildman–Crippen MR) is 87.2 cm³/mol. The van der Waals surface area contributed by atoms with E-state index in [1.807, 2.05) is 19.1 Å². The van der Waals surface area contributed by atoms with Gasteiger partial charge in [-0.3, -0.25) is 14.3 Å². The monoisotopic (exact) mass is 313 g/mol. The lowest BCUT2D eigenvalue weighted by molar-refractivity contribution is -0.122. The van der Waals surface area contributed by atoms with E-state index in [2.05, 4.69) is 10.4 Å². The highest BCUT2D eigenvalue weighted by Gasteiger charge is 2.04. The first kappa shape index (κ1) is 16.5. The molecule has 0 radical (unpaired) electrons. The van der Waals surface area contributed by atoms with Gasteiger partial charge in [0.1, 0.15) is 5.75 Å². The number of allylic oxidation sites excluding steroid dienone is 1. The van der Waals surface area contributed by atoms with E-state index in [0.717, 1.165) is 5.56 Å². The Balaban J connectivity index is 1.90. The topological polar surface area (TPSA) is 73.2 Å². The highest BCUT2D eigenvalue weighted by Crippen LogP contribution is 2.13. The molecule has 0 spiro atoms. The molecular formula is C17H19N3O3. The van der Waals surface area contributed by atoms with Crippen LogP contribution in [0.3, 0.4) is 0 Å². The van der Waals surface area contributed by atoms with Crippen LogP contribution in [-0.4, -0.2) is 34.6 Å². The maximum absolute atomic E-state index is 11.9. The van der Waals surface area contributed by atoms with Crippen molar-refractivity contribution in [1.82, 2.24) is 15.1 Å². The second-order valence-electron chi connectivity index (χ2n) is 4.91. The van der Waals surface area contributed by atoms with Crippen LogP contribution in [0, 0.1) is 0 Å². The van der Waals surface area contributed by atoms with E-state index in [1.165, 1.54) is 12.3 Å². The number of carbonyl (C=O) groups is 2. The van der Waals surface area contributed by atoms with Crippen molar-refractivity contribution in [3.8, 4) is 5.75 Å². The van der Waals surface area contributed by atoms with Gasteiger partial charge in [0.2, 0.25) is 0 Å². The van der Waals surface area contributed by atoms with Crippen LogP contribution in [0.5, 0.6) is 5.75 Å². The van der Waals surface area contributed by atoms with Crippen molar-refractivity contribution >= 4 is 17.8 Å². The van der Waals surface area contributed by atoms with Crippen LogP contribution in [-0.2, 0) is 11.8 Å². The molecule has 0 aliphatic carbocycles. The highest BCUT2D eigenvalue weighted by atomic mass is 16.5. The van der Waals surface area contributed by atoms with Crippen LogP contribution in [0.1, 0.15) is 22.8 Å². The molecule has 6 nitrogen and oxygen atoms in total. The lowest BCUT2D eigenvalue weighted by Gasteiger charge is -2.06. The Morgan fingerprint density at radius 3 is 2.65 bits per heavy atom. The van der Waals surface area contributed by atoms with Gasteiger partial charge < -0.3 is 10.1 Å². The van der Waals surface area contributed by atoms with Crippen molar-refractivity contribution in [1.29, 1.82) is 0 Å². The van der Waals surface area contributed by atoms with Gasteiger partial charge in [0, 0.05) is 19.8 Å². The smallest absolute Gasteiger partial charge is 0.257 e. The first-order valence-corrected chi connectivity index (χ1v) is 7.29. The van der Waals surface area contributed by atoms with E-state index < -0.39 is 0 Å². The van der Waals surface area contributed by atoms with Gasteiger partial charge in [-0.05, 0) is 30.7 Å². The van der Waals surface area contributed by atoms with Gasteiger partial charge >= 0.3 is 0 Å². The summed E-state index contributed by atoms with van der Waals surface area (Å²) in [4.78, 5) is 23.2. The van der Waals surface area contributed by atoms with Gasteiger partial charge in [0.05, 0.1) is 11.8 Å². The maximum atomic E-state index is 11.9. The summed E-state index contributed by atoms with van der Waals surface area (Å²) in [5.41, 5.74) is 1.42. The quantitative estimate of drug-likeness (QED) is 0.625. The van der Waals surface area contributed by atoms with Crippen LogP contribution in [0.15, 0.2) is 42.7 Å². The number of nitrogens with one attached hydrogen (secondary N) is 1. The van der Waals surface area contributed by atoms with Crippen LogP contribution >= 0.6 is 0 Å². The van der Waals surface area contributed by atoms with Crippen molar-refractivity contribution in [3.05, 3.63) is 53.9 Å². The number of rotatable bonds is 7. The molecule has 0 atom stereocenters. The number of hydrogen-bond acceptors (Lipinski definition) is 4. The first-order valence-electron chi connectivity index (χ1n) is 7.29. The fraction of sp³-hybridized carbons (Fsp3) is 0.235. The molecule has 0 saturated heterocycles. The number of likely N-dealkylation sites (N-methyl/N-ethyl adjacent to an activating group) is 1. The molecule has 1 aromatic carbocycles. The van der Waals surface area contributed by atoms with Crippen LogP contribution in [0.4, 0.5) is 0 Å². The Hall–Kier alpha value is -2.89. The SMILES string of the molecule is CCNC(=O)COc1ccc(/C=C/C(=O)c2cnn(C)c2)cc1. The average Bonchev–Trinajstić information content (AvgIpc) is 2.98. The summed E-state index contributed by atoms with van der Waals surface area (Å²) >= 11 is 0. The van der Waals surface area contributed by atoms with E-state index in [0.29, 0.717) is 17.9 Å². The minimum absolute atomic E-state index is 0.0114. The summed E-state index contributed by atoms with van der Waals surface area (Å²) in [6.45, 7) is 2.42. The molecule has 0 bridgehead atoms. The number of carbonyl (C=O) groups excluding carboxylic acids is 2. The van der Waals surface area contributed by atoms with E-state index in [1.54, 1.807) is 36.1 Å². The number of ether oxygens (including phenoxy) is 1. The fourth-order valence-corrected chi connectivity index (χ4v) is 1.89. The molecule has 0 aliphatic rings. The molecule has 1 N–H and O–H groups in total. The summed E-state index contributed by atoms with van der Waals surface area (Å²) in [6, 6.07) is 7.15. The van der Waals surface area contributed by atoms with Gasteiger partial charge in [-0.25, -0.2) is 0 Å². The summed E-state index contributed by atoms with van der Waals surface area (Å²) in [5, 5.41) is 6.62. The molecule has 0 fully saturated rings. The van der Waals surface area contributed by atoms with Crippen LogP contribution < -0.4 is 10.1 Å². The number of aryl methyl sites for hydroxylation is 1. The molecule has 0 unspecified atom stereocenters. The third kappa shape index (κ3) is 5.10. The molecule has 0 saturated carbocycles.